The van der Waals surface area contributed by atoms with E-state index >= 15 is 0 Å². The Balaban J connectivity index is 1.94. The van der Waals surface area contributed by atoms with E-state index in [9.17, 15) is 0 Å². The third-order valence-electron chi connectivity index (χ3n) is 2.63. The molecule has 3 heteroatoms. The summed E-state index contributed by atoms with van der Waals surface area (Å²) in [6.07, 6.45) is 8.53. The highest BCUT2D eigenvalue weighted by molar-refractivity contribution is 5.18. The molecule has 0 amide bonds. The van der Waals surface area contributed by atoms with Gasteiger partial charge in [0.1, 0.15) is 0 Å². The van der Waals surface area contributed by atoms with Crippen molar-refractivity contribution in [1.82, 2.24) is 9.97 Å². The molecule has 0 atom stereocenters. The average Bonchev–Trinajstić information content (AvgIpc) is 2.63. The number of nitrogens with one attached hydrogen (secondary N) is 1. The molecule has 1 aliphatic rings. The Kier molecular flexibility index (Phi) is 2.02. The SMILES string of the molecule is Nc1ncc(CC2CCCC2)[nH]1. The van der Waals surface area contributed by atoms with Gasteiger partial charge in [-0.15, -0.1) is 0 Å². The van der Waals surface area contributed by atoms with Gasteiger partial charge in [0.25, 0.3) is 0 Å². The highest BCUT2D eigenvalue weighted by atomic mass is 15.0. The zero-order chi connectivity index (χ0) is 8.39. The van der Waals surface area contributed by atoms with Gasteiger partial charge in [0.05, 0.1) is 6.20 Å². The van der Waals surface area contributed by atoms with Crippen LogP contribution in [0, 0.1) is 5.92 Å². The van der Waals surface area contributed by atoms with Crippen LogP contribution in [0.1, 0.15) is 31.4 Å². The molecule has 1 fully saturated rings. The van der Waals surface area contributed by atoms with E-state index in [1.165, 1.54) is 31.4 Å². The predicted octanol–water partition coefficient (Wildman–Crippen LogP) is 1.72. The Hall–Kier alpha value is -0.990. The third-order valence-corrected chi connectivity index (χ3v) is 2.63. The second-order valence-corrected chi connectivity index (χ2v) is 3.65. The van der Waals surface area contributed by atoms with Gasteiger partial charge in [-0.05, 0) is 12.3 Å². The van der Waals surface area contributed by atoms with E-state index in [0.29, 0.717) is 5.95 Å². The molecule has 0 bridgehead atoms. The lowest BCUT2D eigenvalue weighted by atomic mass is 10.0. The summed E-state index contributed by atoms with van der Waals surface area (Å²) < 4.78 is 0. The maximum Gasteiger partial charge on any atom is 0.197 e. The van der Waals surface area contributed by atoms with Gasteiger partial charge in [-0.1, -0.05) is 25.7 Å². The summed E-state index contributed by atoms with van der Waals surface area (Å²) in [5, 5.41) is 0. The highest BCUT2D eigenvalue weighted by Gasteiger charge is 2.15. The molecule has 0 radical (unpaired) electrons. The van der Waals surface area contributed by atoms with Crippen LogP contribution in [0.25, 0.3) is 0 Å². The smallest absolute Gasteiger partial charge is 0.197 e. The van der Waals surface area contributed by atoms with Gasteiger partial charge in [0.2, 0.25) is 0 Å². The molecule has 66 valence electrons. The van der Waals surface area contributed by atoms with Crippen LogP contribution in [-0.4, -0.2) is 9.97 Å². The Labute approximate surface area is 72.4 Å². The largest absolute Gasteiger partial charge is 0.369 e. The van der Waals surface area contributed by atoms with E-state index in [1.807, 2.05) is 6.20 Å². The van der Waals surface area contributed by atoms with Crippen LogP contribution in [0.5, 0.6) is 0 Å². The van der Waals surface area contributed by atoms with Crippen molar-refractivity contribution in [2.24, 2.45) is 5.92 Å². The lowest BCUT2D eigenvalue weighted by molar-refractivity contribution is 0.540. The van der Waals surface area contributed by atoms with Crippen LogP contribution in [0.3, 0.4) is 0 Å². The summed E-state index contributed by atoms with van der Waals surface area (Å²) in [6, 6.07) is 0. The summed E-state index contributed by atoms with van der Waals surface area (Å²) in [5.41, 5.74) is 6.68. The summed E-state index contributed by atoms with van der Waals surface area (Å²) in [6.45, 7) is 0. The Bertz CT molecular complexity index is 248. The van der Waals surface area contributed by atoms with Gasteiger partial charge in [0, 0.05) is 5.69 Å². The van der Waals surface area contributed by atoms with E-state index in [4.69, 9.17) is 5.73 Å². The van der Waals surface area contributed by atoms with Crippen LogP contribution in [0.2, 0.25) is 0 Å². The minimum absolute atomic E-state index is 0.544. The fourth-order valence-corrected chi connectivity index (χ4v) is 2.01. The van der Waals surface area contributed by atoms with E-state index in [0.717, 1.165) is 12.3 Å². The fraction of sp³-hybridized carbons (Fsp3) is 0.667. The molecular weight excluding hydrogens is 150 g/mol. The predicted molar refractivity (Wildman–Crippen MR) is 48.7 cm³/mol. The van der Waals surface area contributed by atoms with Gasteiger partial charge >= 0.3 is 0 Å². The van der Waals surface area contributed by atoms with Crippen molar-refractivity contribution in [1.29, 1.82) is 0 Å². The summed E-state index contributed by atoms with van der Waals surface area (Å²) in [4.78, 5) is 7.05. The van der Waals surface area contributed by atoms with E-state index in [-0.39, 0.29) is 0 Å². The molecule has 0 aromatic carbocycles. The zero-order valence-electron chi connectivity index (χ0n) is 7.21. The Morgan fingerprint density at radius 2 is 2.25 bits per heavy atom. The molecular formula is C9H15N3. The molecule has 3 nitrogen and oxygen atoms in total. The fourth-order valence-electron chi connectivity index (χ4n) is 2.01. The first-order chi connectivity index (χ1) is 5.84. The minimum atomic E-state index is 0.544. The number of nitrogens with zero attached hydrogens (tertiary/aromatic N) is 1. The molecule has 0 unspecified atom stereocenters. The molecule has 12 heavy (non-hydrogen) atoms. The number of aromatic nitrogens is 2. The lowest BCUT2D eigenvalue weighted by Gasteiger charge is -2.04. The van der Waals surface area contributed by atoms with Crippen molar-refractivity contribution in [3.63, 3.8) is 0 Å². The molecule has 1 aromatic heterocycles. The van der Waals surface area contributed by atoms with Crippen LogP contribution < -0.4 is 5.73 Å². The molecule has 1 heterocycles. The standard InChI is InChI=1S/C9H15N3/c10-9-11-6-8(12-9)5-7-3-1-2-4-7/h6-7H,1-5H2,(H3,10,11,12). The second-order valence-electron chi connectivity index (χ2n) is 3.65. The van der Waals surface area contributed by atoms with Crippen LogP contribution >= 0.6 is 0 Å². The number of nitrogens with two attached hydrogens (primary N) is 1. The maximum atomic E-state index is 5.49. The van der Waals surface area contributed by atoms with Crippen LogP contribution in [-0.2, 0) is 6.42 Å². The summed E-state index contributed by atoms with van der Waals surface area (Å²) in [7, 11) is 0. The van der Waals surface area contributed by atoms with Crippen molar-refractivity contribution in [3.05, 3.63) is 11.9 Å². The monoisotopic (exact) mass is 165 g/mol. The number of anilines is 1. The van der Waals surface area contributed by atoms with Gasteiger partial charge in [-0.2, -0.15) is 0 Å². The molecule has 1 saturated carbocycles. The molecule has 3 N–H and O–H groups in total. The molecule has 0 aliphatic heterocycles. The Morgan fingerprint density at radius 1 is 1.50 bits per heavy atom. The number of aromatic amines is 1. The second kappa shape index (κ2) is 3.17. The Morgan fingerprint density at radius 3 is 2.83 bits per heavy atom. The van der Waals surface area contributed by atoms with Crippen LogP contribution in [0.15, 0.2) is 6.20 Å². The van der Waals surface area contributed by atoms with E-state index in [2.05, 4.69) is 9.97 Å². The number of H-pyrrole nitrogens is 1. The van der Waals surface area contributed by atoms with Gasteiger partial charge < -0.3 is 10.7 Å². The molecule has 0 spiro atoms. The number of hydrogen-bond acceptors (Lipinski definition) is 2. The first-order valence-corrected chi connectivity index (χ1v) is 4.64. The number of imidazole rings is 1. The van der Waals surface area contributed by atoms with Crippen molar-refractivity contribution in [3.8, 4) is 0 Å². The van der Waals surface area contributed by atoms with Gasteiger partial charge in [-0.25, -0.2) is 4.98 Å². The first kappa shape index (κ1) is 7.65. The molecule has 1 aliphatic carbocycles. The number of rotatable bonds is 2. The van der Waals surface area contributed by atoms with Gasteiger partial charge in [0.15, 0.2) is 5.95 Å². The summed E-state index contributed by atoms with van der Waals surface area (Å²) in [5.74, 6) is 1.41. The van der Waals surface area contributed by atoms with Crippen LogP contribution in [0.4, 0.5) is 5.95 Å². The zero-order valence-corrected chi connectivity index (χ0v) is 7.21. The van der Waals surface area contributed by atoms with Crippen molar-refractivity contribution in [2.75, 3.05) is 5.73 Å². The lowest BCUT2D eigenvalue weighted by Crippen LogP contribution is -1.98. The van der Waals surface area contributed by atoms with Gasteiger partial charge in [-0.3, -0.25) is 0 Å². The average molecular weight is 165 g/mol. The molecule has 0 saturated heterocycles. The number of nitrogen functional groups attached to an aromatic ring is 1. The minimum Gasteiger partial charge on any atom is -0.369 e. The maximum absolute atomic E-state index is 5.49. The summed E-state index contributed by atoms with van der Waals surface area (Å²) >= 11 is 0. The first-order valence-electron chi connectivity index (χ1n) is 4.64. The normalized spacial score (nSPS) is 18.7. The molecule has 2 rings (SSSR count). The third kappa shape index (κ3) is 1.60. The van der Waals surface area contributed by atoms with Crippen molar-refractivity contribution >= 4 is 5.95 Å². The van der Waals surface area contributed by atoms with E-state index < -0.39 is 0 Å². The number of hydrogen-bond donors (Lipinski definition) is 2. The molecule has 1 aromatic rings. The quantitative estimate of drug-likeness (QED) is 0.701. The van der Waals surface area contributed by atoms with Crippen molar-refractivity contribution < 1.29 is 0 Å². The highest BCUT2D eigenvalue weighted by Crippen LogP contribution is 2.27. The van der Waals surface area contributed by atoms with E-state index in [1.54, 1.807) is 0 Å². The topological polar surface area (TPSA) is 54.7 Å². The van der Waals surface area contributed by atoms with Crippen molar-refractivity contribution in [2.45, 2.75) is 32.1 Å².